The summed E-state index contributed by atoms with van der Waals surface area (Å²) >= 11 is 1.66. The number of aryl methyl sites for hydroxylation is 1. The van der Waals surface area contributed by atoms with Crippen LogP contribution in [0.5, 0.6) is 0 Å². The summed E-state index contributed by atoms with van der Waals surface area (Å²) < 4.78 is 37.3. The molecule has 1 aromatic rings. The number of rotatable bonds is 3. The van der Waals surface area contributed by atoms with E-state index in [0.717, 1.165) is 49.7 Å². The van der Waals surface area contributed by atoms with E-state index in [4.69, 9.17) is 14.6 Å². The van der Waals surface area contributed by atoms with Crippen molar-refractivity contribution in [3.63, 3.8) is 0 Å². The SMILES string of the molecule is Cc1nc(CN2C(=O)CC[C@@H]3[C@H]2CCN3C2CCOC2)cs1.O=C(O)C(F)(F)F. The number of carboxylic acid groups (broad SMARTS) is 1. The Morgan fingerprint density at radius 3 is 2.62 bits per heavy atom. The fraction of sp³-hybridized carbons (Fsp3) is 0.722. The largest absolute Gasteiger partial charge is 0.490 e. The normalized spacial score (nSPS) is 27.5. The van der Waals surface area contributed by atoms with Crippen molar-refractivity contribution in [2.75, 3.05) is 19.8 Å². The maximum absolute atomic E-state index is 12.4. The van der Waals surface area contributed by atoms with Gasteiger partial charge >= 0.3 is 12.1 Å². The van der Waals surface area contributed by atoms with E-state index in [0.29, 0.717) is 37.0 Å². The molecule has 162 valence electrons. The Morgan fingerprint density at radius 2 is 2.07 bits per heavy atom. The predicted molar refractivity (Wildman–Crippen MR) is 98.4 cm³/mol. The Morgan fingerprint density at radius 1 is 1.34 bits per heavy atom. The number of ether oxygens (including phenoxy) is 1. The Hall–Kier alpha value is -1.72. The lowest BCUT2D eigenvalue weighted by Gasteiger charge is -2.41. The number of piperidine rings is 1. The molecule has 1 amide bonds. The van der Waals surface area contributed by atoms with E-state index in [1.807, 2.05) is 6.92 Å². The molecule has 1 N–H and O–H groups in total. The van der Waals surface area contributed by atoms with E-state index in [9.17, 15) is 18.0 Å². The molecule has 1 unspecified atom stereocenters. The van der Waals surface area contributed by atoms with Gasteiger partial charge in [-0.3, -0.25) is 9.69 Å². The number of hydrogen-bond donors (Lipinski definition) is 1. The smallest absolute Gasteiger partial charge is 0.475 e. The molecule has 0 radical (unpaired) electrons. The number of alkyl halides is 3. The number of aromatic nitrogens is 1. The van der Waals surface area contributed by atoms with Crippen LogP contribution < -0.4 is 0 Å². The molecular weight excluding hydrogens is 411 g/mol. The minimum atomic E-state index is -5.08. The van der Waals surface area contributed by atoms with Crippen molar-refractivity contribution < 1.29 is 32.6 Å². The molecule has 1 aromatic heterocycles. The summed E-state index contributed by atoms with van der Waals surface area (Å²) in [7, 11) is 0. The summed E-state index contributed by atoms with van der Waals surface area (Å²) in [5.74, 6) is -2.45. The maximum atomic E-state index is 12.4. The molecule has 0 aromatic carbocycles. The number of hydrogen-bond acceptors (Lipinski definition) is 6. The van der Waals surface area contributed by atoms with Gasteiger partial charge in [-0.25, -0.2) is 9.78 Å². The maximum Gasteiger partial charge on any atom is 0.490 e. The highest BCUT2D eigenvalue weighted by molar-refractivity contribution is 7.09. The van der Waals surface area contributed by atoms with Crippen molar-refractivity contribution in [1.29, 1.82) is 0 Å². The number of thiazole rings is 1. The van der Waals surface area contributed by atoms with Crippen molar-refractivity contribution in [1.82, 2.24) is 14.8 Å². The lowest BCUT2D eigenvalue weighted by molar-refractivity contribution is -0.192. The standard InChI is InChI=1S/C16H23N3O2S.C2HF3O2/c1-11-17-12(10-22-11)8-19-15-4-6-18(13-5-7-21-9-13)14(15)2-3-16(19)20;3-2(4,5)1(6)7/h10,13-15H,2-9H2,1H3;(H,6,7)/t13?,14-,15-;/m1./s1. The topological polar surface area (TPSA) is 83.0 Å². The molecule has 0 bridgehead atoms. The van der Waals surface area contributed by atoms with Gasteiger partial charge in [-0.15, -0.1) is 11.3 Å². The Kier molecular flexibility index (Phi) is 6.79. The average Bonchev–Trinajstić information content (AvgIpc) is 3.37. The molecule has 7 nitrogen and oxygen atoms in total. The highest BCUT2D eigenvalue weighted by Crippen LogP contribution is 2.35. The lowest BCUT2D eigenvalue weighted by atomic mass is 9.95. The van der Waals surface area contributed by atoms with E-state index in [-0.39, 0.29) is 0 Å². The highest BCUT2D eigenvalue weighted by atomic mass is 32.1. The second-order valence-electron chi connectivity index (χ2n) is 7.40. The number of carbonyl (C=O) groups is 2. The predicted octanol–water partition coefficient (Wildman–Crippen LogP) is 2.44. The number of likely N-dealkylation sites (tertiary alicyclic amines) is 2. The Labute approximate surface area is 170 Å². The number of carboxylic acids is 1. The molecule has 3 atom stereocenters. The number of carbonyl (C=O) groups excluding carboxylic acids is 1. The fourth-order valence-electron chi connectivity index (χ4n) is 4.28. The first kappa shape index (κ1) is 22.0. The molecule has 3 fully saturated rings. The van der Waals surface area contributed by atoms with Crippen LogP contribution in [0.15, 0.2) is 5.38 Å². The van der Waals surface area contributed by atoms with Crippen LogP contribution >= 0.6 is 11.3 Å². The molecule has 4 heterocycles. The highest BCUT2D eigenvalue weighted by Gasteiger charge is 2.45. The lowest BCUT2D eigenvalue weighted by Crippen LogP contribution is -2.53. The van der Waals surface area contributed by atoms with Crippen LogP contribution in [0.4, 0.5) is 13.2 Å². The molecule has 3 saturated heterocycles. The van der Waals surface area contributed by atoms with Gasteiger partial charge in [0.05, 0.1) is 23.9 Å². The van der Waals surface area contributed by atoms with E-state index in [1.54, 1.807) is 11.3 Å². The summed E-state index contributed by atoms with van der Waals surface area (Å²) in [4.78, 5) is 30.6. The Bertz CT molecular complexity index is 736. The first-order valence-electron chi connectivity index (χ1n) is 9.51. The third-order valence-electron chi connectivity index (χ3n) is 5.54. The number of fused-ring (bicyclic) bond motifs is 1. The third-order valence-corrected chi connectivity index (χ3v) is 6.37. The van der Waals surface area contributed by atoms with E-state index >= 15 is 0 Å². The summed E-state index contributed by atoms with van der Waals surface area (Å²) in [5, 5.41) is 10.3. The molecule has 3 aliphatic rings. The van der Waals surface area contributed by atoms with Crippen molar-refractivity contribution >= 4 is 23.2 Å². The van der Waals surface area contributed by atoms with Crippen molar-refractivity contribution in [3.05, 3.63) is 16.1 Å². The molecule has 4 rings (SSSR count). The van der Waals surface area contributed by atoms with Gasteiger partial charge in [-0.05, 0) is 26.2 Å². The third kappa shape index (κ3) is 5.26. The zero-order chi connectivity index (χ0) is 21.2. The molecule has 0 aliphatic carbocycles. The molecule has 3 aliphatic heterocycles. The van der Waals surface area contributed by atoms with Crippen LogP contribution in [0.3, 0.4) is 0 Å². The number of aliphatic carboxylic acids is 1. The van der Waals surface area contributed by atoms with E-state index in [2.05, 4.69) is 20.2 Å². The van der Waals surface area contributed by atoms with Gasteiger partial charge in [0.1, 0.15) is 0 Å². The van der Waals surface area contributed by atoms with Gasteiger partial charge < -0.3 is 14.7 Å². The molecule has 0 saturated carbocycles. The monoisotopic (exact) mass is 435 g/mol. The Balaban J connectivity index is 0.000000298. The number of halogens is 3. The molecule has 29 heavy (non-hydrogen) atoms. The van der Waals surface area contributed by atoms with E-state index < -0.39 is 12.1 Å². The van der Waals surface area contributed by atoms with Crippen LogP contribution in [-0.2, 0) is 20.9 Å². The minimum Gasteiger partial charge on any atom is -0.475 e. The number of nitrogens with zero attached hydrogens (tertiary/aromatic N) is 3. The van der Waals surface area contributed by atoms with Gasteiger partial charge in [0, 0.05) is 43.1 Å². The van der Waals surface area contributed by atoms with Gasteiger partial charge in [0.15, 0.2) is 0 Å². The molecule has 11 heteroatoms. The minimum absolute atomic E-state index is 0.302. The first-order chi connectivity index (χ1) is 13.7. The van der Waals surface area contributed by atoms with Crippen molar-refractivity contribution in [2.45, 2.75) is 63.5 Å². The molecule has 0 spiro atoms. The van der Waals surface area contributed by atoms with Gasteiger partial charge in [-0.1, -0.05) is 0 Å². The zero-order valence-corrected chi connectivity index (χ0v) is 16.8. The summed E-state index contributed by atoms with van der Waals surface area (Å²) in [5.41, 5.74) is 1.04. The summed E-state index contributed by atoms with van der Waals surface area (Å²) in [6, 6.07) is 1.44. The fourth-order valence-corrected chi connectivity index (χ4v) is 4.88. The summed E-state index contributed by atoms with van der Waals surface area (Å²) in [6.07, 6.45) is -1.17. The molecular formula is C18H24F3N3O4S. The van der Waals surface area contributed by atoms with Crippen LogP contribution in [0.1, 0.15) is 36.4 Å². The average molecular weight is 435 g/mol. The van der Waals surface area contributed by atoms with Gasteiger partial charge in [-0.2, -0.15) is 13.2 Å². The second-order valence-corrected chi connectivity index (χ2v) is 8.46. The van der Waals surface area contributed by atoms with Crippen LogP contribution in [0.2, 0.25) is 0 Å². The van der Waals surface area contributed by atoms with Crippen molar-refractivity contribution in [2.24, 2.45) is 0 Å². The van der Waals surface area contributed by atoms with Crippen LogP contribution in [0.25, 0.3) is 0 Å². The first-order valence-corrected chi connectivity index (χ1v) is 10.4. The van der Waals surface area contributed by atoms with Crippen LogP contribution in [0, 0.1) is 6.92 Å². The van der Waals surface area contributed by atoms with Crippen LogP contribution in [-0.4, -0.2) is 75.8 Å². The van der Waals surface area contributed by atoms with Gasteiger partial charge in [0.2, 0.25) is 5.91 Å². The van der Waals surface area contributed by atoms with E-state index in [1.165, 1.54) is 0 Å². The summed E-state index contributed by atoms with van der Waals surface area (Å²) in [6.45, 7) is 5.55. The quantitative estimate of drug-likeness (QED) is 0.785. The zero-order valence-electron chi connectivity index (χ0n) is 16.0. The van der Waals surface area contributed by atoms with Gasteiger partial charge in [0.25, 0.3) is 0 Å². The number of amides is 1. The van der Waals surface area contributed by atoms with Crippen molar-refractivity contribution in [3.8, 4) is 0 Å². The second kappa shape index (κ2) is 8.97.